The molecule has 2 fully saturated rings. The van der Waals surface area contributed by atoms with Gasteiger partial charge in [-0.1, -0.05) is 37.3 Å². The lowest BCUT2D eigenvalue weighted by molar-refractivity contribution is -0.132. The molecule has 3 unspecified atom stereocenters. The van der Waals surface area contributed by atoms with E-state index in [-0.39, 0.29) is 24.2 Å². The van der Waals surface area contributed by atoms with Crippen molar-refractivity contribution in [3.63, 3.8) is 0 Å². The van der Waals surface area contributed by atoms with Crippen LogP contribution in [0.3, 0.4) is 0 Å². The van der Waals surface area contributed by atoms with Gasteiger partial charge in [0.05, 0.1) is 5.92 Å². The molecule has 22 heavy (non-hydrogen) atoms. The molecule has 2 saturated heterocycles. The predicted octanol–water partition coefficient (Wildman–Crippen LogP) is 0.832. The molecule has 1 aromatic rings. The van der Waals surface area contributed by atoms with Crippen LogP contribution in [0.4, 0.5) is 0 Å². The Morgan fingerprint density at radius 1 is 1.09 bits per heavy atom. The fraction of sp³-hybridized carbons (Fsp3) is 0.588. The second-order valence-electron chi connectivity index (χ2n) is 6.45. The first-order chi connectivity index (χ1) is 10.6. The zero-order chi connectivity index (χ0) is 15.5. The van der Waals surface area contributed by atoms with Gasteiger partial charge in [-0.25, -0.2) is 0 Å². The minimum Gasteiger partial charge on any atom is -0.328 e. The highest BCUT2D eigenvalue weighted by molar-refractivity contribution is 5.80. The lowest BCUT2D eigenvalue weighted by Gasteiger charge is -2.44. The third-order valence-corrected chi connectivity index (χ3v) is 4.88. The van der Waals surface area contributed by atoms with E-state index < -0.39 is 0 Å². The molecule has 0 radical (unpaired) electrons. The van der Waals surface area contributed by atoms with Gasteiger partial charge in [-0.2, -0.15) is 0 Å². The van der Waals surface area contributed by atoms with Crippen LogP contribution in [0.2, 0.25) is 0 Å². The van der Waals surface area contributed by atoms with Crippen LogP contribution in [0.25, 0.3) is 0 Å². The molecule has 0 bridgehead atoms. The normalized spacial score (nSPS) is 31.0. The summed E-state index contributed by atoms with van der Waals surface area (Å²) in [5, 5.41) is 6.59. The summed E-state index contributed by atoms with van der Waals surface area (Å²) in [7, 11) is 0. The number of nitrogens with zero attached hydrogens (tertiary/aromatic N) is 2. The molecule has 3 rings (SSSR count). The number of hydrogen-bond donors (Lipinski definition) is 2. The molecule has 2 aliphatic rings. The first kappa shape index (κ1) is 15.5. The molecule has 2 N–H and O–H groups in total. The monoisotopic (exact) mass is 302 g/mol. The Morgan fingerprint density at radius 3 is 2.41 bits per heavy atom. The number of rotatable bonds is 3. The Kier molecular flexibility index (Phi) is 4.76. The fourth-order valence-electron chi connectivity index (χ4n) is 3.15. The number of carbonyl (C=O) groups excluding carboxylic acids is 1. The summed E-state index contributed by atoms with van der Waals surface area (Å²) in [6.45, 7) is 9.09. The Hall–Kier alpha value is -1.43. The van der Waals surface area contributed by atoms with Crippen LogP contribution >= 0.6 is 0 Å². The van der Waals surface area contributed by atoms with E-state index >= 15 is 0 Å². The van der Waals surface area contributed by atoms with Gasteiger partial charge in [0, 0.05) is 38.8 Å². The lowest BCUT2D eigenvalue weighted by atomic mass is 10.0. The average Bonchev–Trinajstić information content (AvgIpc) is 2.54. The summed E-state index contributed by atoms with van der Waals surface area (Å²) in [5.41, 5.74) is 1.36. The third kappa shape index (κ3) is 3.48. The highest BCUT2D eigenvalue weighted by Gasteiger charge is 2.34. The van der Waals surface area contributed by atoms with Crippen molar-refractivity contribution in [3.8, 4) is 0 Å². The molecule has 5 heteroatoms. The van der Waals surface area contributed by atoms with E-state index in [0.29, 0.717) is 0 Å². The summed E-state index contributed by atoms with van der Waals surface area (Å²) >= 11 is 0. The van der Waals surface area contributed by atoms with E-state index in [0.717, 1.165) is 32.7 Å². The van der Waals surface area contributed by atoms with Crippen molar-refractivity contribution in [1.29, 1.82) is 0 Å². The number of piperazine rings is 1. The summed E-state index contributed by atoms with van der Waals surface area (Å²) in [5.74, 6) is 0.193. The minimum absolute atomic E-state index is 0.0161. The Morgan fingerprint density at radius 2 is 1.77 bits per heavy atom. The number of amides is 1. The smallest absolute Gasteiger partial charge is 0.226 e. The zero-order valence-corrected chi connectivity index (χ0v) is 13.5. The molecule has 3 atom stereocenters. The van der Waals surface area contributed by atoms with Crippen LogP contribution in [0.1, 0.15) is 19.4 Å². The van der Waals surface area contributed by atoms with Crippen LogP contribution in [-0.4, -0.2) is 54.2 Å². The number of hydrogen-bond acceptors (Lipinski definition) is 4. The third-order valence-electron chi connectivity index (χ3n) is 4.88. The van der Waals surface area contributed by atoms with E-state index in [2.05, 4.69) is 57.7 Å². The molecule has 2 aliphatic heterocycles. The molecular weight excluding hydrogens is 276 g/mol. The predicted molar refractivity (Wildman–Crippen MR) is 87.0 cm³/mol. The Balaban J connectivity index is 1.50. The van der Waals surface area contributed by atoms with Gasteiger partial charge in [0.15, 0.2) is 0 Å². The van der Waals surface area contributed by atoms with Gasteiger partial charge in [-0.3, -0.25) is 19.9 Å². The van der Waals surface area contributed by atoms with Crippen LogP contribution in [0.15, 0.2) is 30.3 Å². The standard InChI is InChI=1S/C17H26N4O/c1-13-14(2)18-17(19-16(13)22)21-10-8-20(9-11-21)12-15-6-4-3-5-7-15/h3-7,13-14,17-18H,8-12H2,1-2H3,(H,19,22). The van der Waals surface area contributed by atoms with Gasteiger partial charge in [0.25, 0.3) is 0 Å². The van der Waals surface area contributed by atoms with E-state index in [1.54, 1.807) is 0 Å². The van der Waals surface area contributed by atoms with Crippen molar-refractivity contribution in [1.82, 2.24) is 20.4 Å². The maximum Gasteiger partial charge on any atom is 0.226 e. The highest BCUT2D eigenvalue weighted by atomic mass is 16.2. The van der Waals surface area contributed by atoms with Gasteiger partial charge in [0.2, 0.25) is 5.91 Å². The first-order valence-electron chi connectivity index (χ1n) is 8.20. The molecule has 0 aliphatic carbocycles. The molecular formula is C17H26N4O. The maximum atomic E-state index is 12.0. The van der Waals surface area contributed by atoms with Crippen molar-refractivity contribution in [2.45, 2.75) is 32.7 Å². The van der Waals surface area contributed by atoms with E-state index in [4.69, 9.17) is 0 Å². The van der Waals surface area contributed by atoms with Crippen molar-refractivity contribution >= 4 is 5.91 Å². The van der Waals surface area contributed by atoms with Crippen molar-refractivity contribution in [2.75, 3.05) is 26.2 Å². The van der Waals surface area contributed by atoms with Crippen LogP contribution in [0, 0.1) is 5.92 Å². The number of nitrogens with one attached hydrogen (secondary N) is 2. The fourth-order valence-corrected chi connectivity index (χ4v) is 3.15. The molecule has 0 spiro atoms. The van der Waals surface area contributed by atoms with Gasteiger partial charge >= 0.3 is 0 Å². The van der Waals surface area contributed by atoms with Crippen LogP contribution in [-0.2, 0) is 11.3 Å². The molecule has 5 nitrogen and oxygen atoms in total. The summed E-state index contributed by atoms with van der Waals surface area (Å²) in [6, 6.07) is 10.8. The van der Waals surface area contributed by atoms with E-state index in [1.807, 2.05) is 6.92 Å². The van der Waals surface area contributed by atoms with Gasteiger partial charge in [0.1, 0.15) is 6.29 Å². The average molecular weight is 302 g/mol. The molecule has 0 saturated carbocycles. The molecule has 120 valence electrons. The van der Waals surface area contributed by atoms with Gasteiger partial charge in [-0.05, 0) is 12.5 Å². The second-order valence-corrected chi connectivity index (χ2v) is 6.45. The second kappa shape index (κ2) is 6.77. The van der Waals surface area contributed by atoms with Gasteiger partial charge in [-0.15, -0.1) is 0 Å². The molecule has 2 heterocycles. The topological polar surface area (TPSA) is 47.6 Å². The molecule has 1 aromatic carbocycles. The van der Waals surface area contributed by atoms with Crippen molar-refractivity contribution in [3.05, 3.63) is 35.9 Å². The van der Waals surface area contributed by atoms with Crippen LogP contribution < -0.4 is 10.6 Å². The minimum atomic E-state index is -0.0161. The maximum absolute atomic E-state index is 12.0. The first-order valence-corrected chi connectivity index (χ1v) is 8.20. The number of carbonyl (C=O) groups is 1. The summed E-state index contributed by atoms with van der Waals surface area (Å²) in [4.78, 5) is 16.8. The SMILES string of the molecule is CC1NC(N2CCN(Cc3ccccc3)CC2)NC(=O)C1C. The Labute approximate surface area is 132 Å². The van der Waals surface area contributed by atoms with Gasteiger partial charge < -0.3 is 5.32 Å². The zero-order valence-electron chi connectivity index (χ0n) is 13.5. The largest absolute Gasteiger partial charge is 0.328 e. The lowest BCUT2D eigenvalue weighted by Crippen LogP contribution is -2.68. The molecule has 1 amide bonds. The number of benzene rings is 1. The Bertz CT molecular complexity index is 499. The molecule has 0 aromatic heterocycles. The quantitative estimate of drug-likeness (QED) is 0.868. The van der Waals surface area contributed by atoms with E-state index in [1.165, 1.54) is 5.56 Å². The summed E-state index contributed by atoms with van der Waals surface area (Å²) in [6.07, 6.45) is -0.0161. The highest BCUT2D eigenvalue weighted by Crippen LogP contribution is 2.14. The van der Waals surface area contributed by atoms with Crippen molar-refractivity contribution < 1.29 is 4.79 Å². The summed E-state index contributed by atoms with van der Waals surface area (Å²) < 4.78 is 0. The van der Waals surface area contributed by atoms with Crippen LogP contribution in [0.5, 0.6) is 0 Å². The van der Waals surface area contributed by atoms with E-state index in [9.17, 15) is 4.79 Å². The van der Waals surface area contributed by atoms with Crippen molar-refractivity contribution in [2.24, 2.45) is 5.92 Å².